The van der Waals surface area contributed by atoms with Crippen LogP contribution < -0.4 is 5.32 Å². The van der Waals surface area contributed by atoms with Gasteiger partial charge in [0, 0.05) is 25.2 Å². The Labute approximate surface area is 199 Å². The van der Waals surface area contributed by atoms with E-state index in [2.05, 4.69) is 10.4 Å². The third-order valence-electron chi connectivity index (χ3n) is 5.83. The number of likely N-dealkylation sites (tertiary alicyclic amines) is 1. The van der Waals surface area contributed by atoms with Gasteiger partial charge in [0.1, 0.15) is 11.3 Å². The van der Waals surface area contributed by atoms with Crippen molar-refractivity contribution in [1.82, 2.24) is 25.0 Å². The van der Waals surface area contributed by atoms with E-state index < -0.39 is 11.7 Å². The second-order valence-corrected chi connectivity index (χ2v) is 9.98. The van der Waals surface area contributed by atoms with Crippen molar-refractivity contribution < 1.29 is 18.7 Å². The lowest BCUT2D eigenvalue weighted by Crippen LogP contribution is -2.50. The Bertz CT molecular complexity index is 1160. The minimum absolute atomic E-state index is 0.0839. The van der Waals surface area contributed by atoms with Crippen LogP contribution in [0.4, 0.5) is 4.79 Å². The number of rotatable bonds is 5. The van der Waals surface area contributed by atoms with Crippen molar-refractivity contribution in [3.05, 3.63) is 36.2 Å². The summed E-state index contributed by atoms with van der Waals surface area (Å²) in [5, 5.41) is 8.04. The number of fused-ring (bicyclic) bond motifs is 1. The van der Waals surface area contributed by atoms with Gasteiger partial charge in [-0.25, -0.2) is 14.5 Å². The molecule has 9 heteroatoms. The third-order valence-corrected chi connectivity index (χ3v) is 5.83. The number of pyridine rings is 1. The summed E-state index contributed by atoms with van der Waals surface area (Å²) in [6, 6.07) is 5.37. The van der Waals surface area contributed by atoms with Gasteiger partial charge in [0.25, 0.3) is 5.91 Å². The van der Waals surface area contributed by atoms with Gasteiger partial charge in [0.2, 0.25) is 0 Å². The number of ether oxygens (including phenoxy) is 1. The first-order valence-electron chi connectivity index (χ1n) is 11.8. The van der Waals surface area contributed by atoms with E-state index in [0.717, 1.165) is 19.3 Å². The molecule has 182 valence electrons. The predicted octanol–water partition coefficient (Wildman–Crippen LogP) is 4.79. The first-order valence-corrected chi connectivity index (χ1v) is 11.8. The van der Waals surface area contributed by atoms with Crippen LogP contribution in [0.5, 0.6) is 0 Å². The zero-order valence-corrected chi connectivity index (χ0v) is 20.5. The quantitative estimate of drug-likeness (QED) is 0.579. The van der Waals surface area contributed by atoms with E-state index in [9.17, 15) is 9.59 Å². The number of alkyl carbamates (subject to hydrolysis) is 1. The highest BCUT2D eigenvalue weighted by Gasteiger charge is 2.31. The molecule has 4 heterocycles. The topological polar surface area (TPSA) is 102 Å². The Hall–Kier alpha value is -3.36. The second-order valence-electron chi connectivity index (χ2n) is 9.98. The Balaban J connectivity index is 1.65. The van der Waals surface area contributed by atoms with Crippen LogP contribution in [0, 0.1) is 0 Å². The molecule has 1 aliphatic heterocycles. The van der Waals surface area contributed by atoms with Crippen LogP contribution in [-0.2, 0) is 4.74 Å². The lowest BCUT2D eigenvalue weighted by molar-refractivity contribution is 0.0463. The normalized spacial score (nSPS) is 16.8. The number of aromatic nitrogens is 3. The third kappa shape index (κ3) is 5.08. The minimum Gasteiger partial charge on any atom is -0.463 e. The molecule has 1 unspecified atom stereocenters. The van der Waals surface area contributed by atoms with Crippen LogP contribution in [0.1, 0.15) is 70.3 Å². The SMILES string of the molecule is CC(C)n1ncc2c(C(=O)N3CCCCC3CNC(=O)OC(C)(C)C)cc(-c3ccco3)nc21. The summed E-state index contributed by atoms with van der Waals surface area (Å²) in [6.07, 6.45) is 5.55. The number of carbonyl (C=O) groups is 2. The first-order chi connectivity index (χ1) is 16.1. The molecule has 34 heavy (non-hydrogen) atoms. The van der Waals surface area contributed by atoms with Gasteiger partial charge in [-0.15, -0.1) is 0 Å². The minimum atomic E-state index is -0.576. The summed E-state index contributed by atoms with van der Waals surface area (Å²) in [6.45, 7) is 10.5. The number of piperidine rings is 1. The van der Waals surface area contributed by atoms with Crippen LogP contribution in [0.25, 0.3) is 22.5 Å². The molecule has 1 fully saturated rings. The van der Waals surface area contributed by atoms with Gasteiger partial charge >= 0.3 is 6.09 Å². The molecule has 0 radical (unpaired) electrons. The molecule has 2 amide bonds. The number of amides is 2. The molecule has 4 rings (SSSR count). The van der Waals surface area contributed by atoms with E-state index >= 15 is 0 Å². The molecule has 0 bridgehead atoms. The van der Waals surface area contributed by atoms with Gasteiger partial charge in [-0.1, -0.05) is 0 Å². The van der Waals surface area contributed by atoms with Gasteiger partial charge in [0.15, 0.2) is 11.4 Å². The molecule has 0 spiro atoms. The van der Waals surface area contributed by atoms with E-state index in [4.69, 9.17) is 14.1 Å². The van der Waals surface area contributed by atoms with E-state index in [1.807, 2.05) is 50.3 Å². The molecule has 9 nitrogen and oxygen atoms in total. The van der Waals surface area contributed by atoms with E-state index in [0.29, 0.717) is 41.1 Å². The van der Waals surface area contributed by atoms with Crippen molar-refractivity contribution in [2.45, 2.75) is 71.6 Å². The number of nitrogens with zero attached hydrogens (tertiary/aromatic N) is 4. The first kappa shape index (κ1) is 23.8. The summed E-state index contributed by atoms with van der Waals surface area (Å²) < 4.78 is 12.8. The monoisotopic (exact) mass is 467 g/mol. The molecule has 1 N–H and O–H groups in total. The predicted molar refractivity (Wildman–Crippen MR) is 129 cm³/mol. The summed E-state index contributed by atoms with van der Waals surface area (Å²) in [5.74, 6) is 0.494. The zero-order chi connectivity index (χ0) is 24.5. The molecule has 1 saturated heterocycles. The number of carbonyl (C=O) groups excluding carboxylic acids is 2. The van der Waals surface area contributed by atoms with Crippen molar-refractivity contribution in [2.75, 3.05) is 13.1 Å². The fourth-order valence-corrected chi connectivity index (χ4v) is 4.27. The second kappa shape index (κ2) is 9.48. The zero-order valence-electron chi connectivity index (χ0n) is 20.5. The summed E-state index contributed by atoms with van der Waals surface area (Å²) >= 11 is 0. The number of hydrogen-bond donors (Lipinski definition) is 1. The summed E-state index contributed by atoms with van der Waals surface area (Å²) in [5.41, 5.74) is 1.19. The van der Waals surface area contributed by atoms with Crippen molar-refractivity contribution >= 4 is 23.0 Å². The summed E-state index contributed by atoms with van der Waals surface area (Å²) in [4.78, 5) is 32.7. The van der Waals surface area contributed by atoms with Gasteiger partial charge in [-0.3, -0.25) is 4.79 Å². The number of nitrogens with one attached hydrogen (secondary N) is 1. The fourth-order valence-electron chi connectivity index (χ4n) is 4.27. The van der Waals surface area contributed by atoms with Crippen molar-refractivity contribution in [3.63, 3.8) is 0 Å². The average Bonchev–Trinajstić information content (AvgIpc) is 3.45. The Morgan fingerprint density at radius 1 is 1.29 bits per heavy atom. The molecule has 1 aliphatic rings. The smallest absolute Gasteiger partial charge is 0.407 e. The maximum Gasteiger partial charge on any atom is 0.407 e. The van der Waals surface area contributed by atoms with Crippen LogP contribution >= 0.6 is 0 Å². The Kier molecular flexibility index (Phi) is 6.63. The fraction of sp³-hybridized carbons (Fsp3) is 0.520. The highest BCUT2D eigenvalue weighted by atomic mass is 16.6. The lowest BCUT2D eigenvalue weighted by Gasteiger charge is -2.36. The molecule has 1 atom stereocenters. The van der Waals surface area contributed by atoms with Gasteiger partial charge in [-0.2, -0.15) is 5.10 Å². The molecular formula is C25H33N5O4. The van der Waals surface area contributed by atoms with Gasteiger partial charge in [-0.05, 0) is 72.1 Å². The van der Waals surface area contributed by atoms with E-state index in [1.165, 1.54) is 0 Å². The van der Waals surface area contributed by atoms with Crippen molar-refractivity contribution in [1.29, 1.82) is 0 Å². The van der Waals surface area contributed by atoms with Crippen LogP contribution in [0.3, 0.4) is 0 Å². The van der Waals surface area contributed by atoms with Gasteiger partial charge < -0.3 is 19.4 Å². The Morgan fingerprint density at radius 2 is 2.09 bits per heavy atom. The van der Waals surface area contributed by atoms with E-state index in [-0.39, 0.29) is 18.0 Å². The van der Waals surface area contributed by atoms with Crippen LogP contribution in [-0.4, -0.2) is 56.4 Å². The molecule has 3 aromatic heterocycles. The Morgan fingerprint density at radius 3 is 2.76 bits per heavy atom. The molecular weight excluding hydrogens is 434 g/mol. The van der Waals surface area contributed by atoms with Crippen molar-refractivity contribution in [2.24, 2.45) is 0 Å². The highest BCUT2D eigenvalue weighted by molar-refractivity contribution is 6.06. The average molecular weight is 468 g/mol. The largest absolute Gasteiger partial charge is 0.463 e. The van der Waals surface area contributed by atoms with Crippen molar-refractivity contribution in [3.8, 4) is 11.5 Å². The van der Waals surface area contributed by atoms with Crippen LogP contribution in [0.15, 0.2) is 35.1 Å². The summed E-state index contributed by atoms with van der Waals surface area (Å²) in [7, 11) is 0. The number of furan rings is 1. The van der Waals surface area contributed by atoms with Gasteiger partial charge in [0.05, 0.1) is 23.4 Å². The maximum atomic E-state index is 13.9. The molecule has 0 saturated carbocycles. The molecule has 0 aromatic carbocycles. The molecule has 3 aromatic rings. The lowest BCUT2D eigenvalue weighted by atomic mass is 10.00. The molecule has 0 aliphatic carbocycles. The van der Waals surface area contributed by atoms with E-state index in [1.54, 1.807) is 24.6 Å². The maximum absolute atomic E-state index is 13.9. The number of hydrogen-bond acceptors (Lipinski definition) is 6. The standard InChI is InChI=1S/C25H33N5O4/c1-16(2)30-22-19(15-27-30)18(13-20(28-22)21-10-8-12-33-21)23(31)29-11-7-6-9-17(29)14-26-24(32)34-25(3,4)5/h8,10,12-13,15-17H,6-7,9,11,14H2,1-5H3,(H,26,32). The highest BCUT2D eigenvalue weighted by Crippen LogP contribution is 2.29. The van der Waals surface area contributed by atoms with Crippen LogP contribution in [0.2, 0.25) is 0 Å².